The van der Waals surface area contributed by atoms with Crippen LogP contribution in [-0.2, 0) is 9.59 Å². The summed E-state index contributed by atoms with van der Waals surface area (Å²) in [5.41, 5.74) is 2.96. The minimum atomic E-state index is -0.165. The van der Waals surface area contributed by atoms with Crippen molar-refractivity contribution >= 4 is 11.7 Å². The van der Waals surface area contributed by atoms with Gasteiger partial charge in [0.2, 0.25) is 5.91 Å². The standard InChI is InChI=1S/C20H25NO2/c1-5-14(13-9-7-6-8-10-13)19(23)21-16-11-15-18(20(15,3)4)17(16)12(2)22/h6-10,14-15,18H,5,11H2,1-4H3,(H,21,23)/t14-,15-,18-/m0/s1. The van der Waals surface area contributed by atoms with Gasteiger partial charge in [0.15, 0.2) is 5.78 Å². The molecular formula is C20H25NO2. The van der Waals surface area contributed by atoms with E-state index >= 15 is 0 Å². The predicted octanol–water partition coefficient (Wildman–Crippen LogP) is 3.82. The molecule has 3 atom stereocenters. The van der Waals surface area contributed by atoms with E-state index in [4.69, 9.17) is 0 Å². The highest BCUT2D eigenvalue weighted by Crippen LogP contribution is 2.68. The molecule has 1 N–H and O–H groups in total. The predicted molar refractivity (Wildman–Crippen MR) is 90.7 cm³/mol. The van der Waals surface area contributed by atoms with Gasteiger partial charge >= 0.3 is 0 Å². The van der Waals surface area contributed by atoms with Crippen LogP contribution in [0.4, 0.5) is 0 Å². The molecular weight excluding hydrogens is 286 g/mol. The van der Waals surface area contributed by atoms with Crippen LogP contribution in [0.5, 0.6) is 0 Å². The van der Waals surface area contributed by atoms with Crippen molar-refractivity contribution in [2.45, 2.75) is 46.5 Å². The molecule has 3 heteroatoms. The molecule has 3 nitrogen and oxygen atoms in total. The van der Waals surface area contributed by atoms with Crippen molar-refractivity contribution in [3.05, 3.63) is 47.2 Å². The van der Waals surface area contributed by atoms with Crippen LogP contribution < -0.4 is 5.32 Å². The Morgan fingerprint density at radius 2 is 1.91 bits per heavy atom. The normalized spacial score (nSPS) is 25.7. The highest BCUT2D eigenvalue weighted by molar-refractivity contribution is 5.97. The van der Waals surface area contributed by atoms with Crippen LogP contribution in [0.1, 0.15) is 52.0 Å². The minimum Gasteiger partial charge on any atom is -0.329 e. The number of carbonyl (C=O) groups is 2. The summed E-state index contributed by atoms with van der Waals surface area (Å²) >= 11 is 0. The first-order valence-corrected chi connectivity index (χ1v) is 8.47. The van der Waals surface area contributed by atoms with Gasteiger partial charge in [-0.25, -0.2) is 0 Å². The first-order chi connectivity index (χ1) is 10.9. The number of hydrogen-bond donors (Lipinski definition) is 1. The fourth-order valence-electron chi connectivity index (χ4n) is 4.26. The Hall–Kier alpha value is -1.90. The van der Waals surface area contributed by atoms with Crippen LogP contribution in [0.3, 0.4) is 0 Å². The van der Waals surface area contributed by atoms with Gasteiger partial charge in [0, 0.05) is 11.3 Å². The Kier molecular flexibility index (Phi) is 3.91. The Morgan fingerprint density at radius 1 is 1.26 bits per heavy atom. The minimum absolute atomic E-state index is 0.00607. The zero-order chi connectivity index (χ0) is 16.8. The molecule has 0 bridgehead atoms. The van der Waals surface area contributed by atoms with Gasteiger partial charge in [-0.05, 0) is 42.6 Å². The van der Waals surface area contributed by atoms with Gasteiger partial charge in [-0.15, -0.1) is 0 Å². The fraction of sp³-hybridized carbons (Fsp3) is 0.500. The van der Waals surface area contributed by atoms with Gasteiger partial charge in [0.1, 0.15) is 0 Å². The van der Waals surface area contributed by atoms with Crippen molar-refractivity contribution in [3.8, 4) is 0 Å². The fourth-order valence-corrected chi connectivity index (χ4v) is 4.26. The van der Waals surface area contributed by atoms with Crippen LogP contribution in [0.2, 0.25) is 0 Å². The lowest BCUT2D eigenvalue weighted by Gasteiger charge is -2.19. The van der Waals surface area contributed by atoms with Crippen molar-refractivity contribution in [1.82, 2.24) is 5.32 Å². The average Bonchev–Trinajstić information content (AvgIpc) is 2.85. The summed E-state index contributed by atoms with van der Waals surface area (Å²) in [6.45, 7) is 8.06. The maximum atomic E-state index is 12.7. The average molecular weight is 311 g/mol. The molecule has 1 saturated carbocycles. The number of hydrogen-bond acceptors (Lipinski definition) is 2. The molecule has 23 heavy (non-hydrogen) atoms. The van der Waals surface area contributed by atoms with E-state index in [1.54, 1.807) is 6.92 Å². The maximum absolute atomic E-state index is 12.7. The van der Waals surface area contributed by atoms with E-state index in [2.05, 4.69) is 19.2 Å². The second-order valence-corrected chi connectivity index (χ2v) is 7.42. The lowest BCUT2D eigenvalue weighted by molar-refractivity contribution is -0.122. The highest BCUT2D eigenvalue weighted by atomic mass is 16.2. The van der Waals surface area contributed by atoms with Gasteiger partial charge in [0.05, 0.1) is 5.92 Å². The quantitative estimate of drug-likeness (QED) is 0.898. The summed E-state index contributed by atoms with van der Waals surface area (Å²) in [5, 5.41) is 3.08. The van der Waals surface area contributed by atoms with E-state index in [9.17, 15) is 9.59 Å². The number of carbonyl (C=O) groups excluding carboxylic acids is 2. The van der Waals surface area contributed by atoms with Crippen LogP contribution in [0.25, 0.3) is 0 Å². The number of fused-ring (bicyclic) bond motifs is 1. The third-order valence-electron chi connectivity index (χ3n) is 5.69. The number of benzene rings is 1. The van der Waals surface area contributed by atoms with Gasteiger partial charge in [-0.1, -0.05) is 51.1 Å². The van der Waals surface area contributed by atoms with Crippen LogP contribution >= 0.6 is 0 Å². The molecule has 0 saturated heterocycles. The Labute approximate surface area is 138 Å². The smallest absolute Gasteiger partial charge is 0.231 e. The topological polar surface area (TPSA) is 46.2 Å². The molecule has 0 radical (unpaired) electrons. The van der Waals surface area contributed by atoms with Crippen molar-refractivity contribution < 1.29 is 9.59 Å². The molecule has 0 aliphatic heterocycles. The summed E-state index contributed by atoms with van der Waals surface area (Å²) in [6.07, 6.45) is 1.57. The molecule has 0 heterocycles. The molecule has 2 aliphatic carbocycles. The van der Waals surface area contributed by atoms with E-state index in [0.29, 0.717) is 11.8 Å². The number of allylic oxidation sites excluding steroid dienone is 2. The van der Waals surface area contributed by atoms with Gasteiger partial charge in [0.25, 0.3) is 0 Å². The second kappa shape index (κ2) is 5.63. The molecule has 1 fully saturated rings. The summed E-state index contributed by atoms with van der Waals surface area (Å²) in [7, 11) is 0. The zero-order valence-corrected chi connectivity index (χ0v) is 14.3. The number of nitrogens with one attached hydrogen (secondary N) is 1. The Morgan fingerprint density at radius 3 is 2.48 bits per heavy atom. The highest BCUT2D eigenvalue weighted by Gasteiger charge is 2.64. The third kappa shape index (κ3) is 2.62. The number of ketones is 1. The van der Waals surface area contributed by atoms with Gasteiger partial charge in [-0.2, -0.15) is 0 Å². The van der Waals surface area contributed by atoms with E-state index in [-0.39, 0.29) is 23.0 Å². The summed E-state index contributed by atoms with van der Waals surface area (Å²) in [6, 6.07) is 9.85. The third-order valence-corrected chi connectivity index (χ3v) is 5.69. The lowest BCUT2D eigenvalue weighted by Crippen LogP contribution is -2.30. The molecule has 0 aromatic heterocycles. The van der Waals surface area contributed by atoms with Crippen LogP contribution in [0.15, 0.2) is 41.6 Å². The summed E-state index contributed by atoms with van der Waals surface area (Å²) in [5.74, 6) is 0.778. The number of amides is 1. The van der Waals surface area contributed by atoms with E-state index < -0.39 is 0 Å². The van der Waals surface area contributed by atoms with Crippen molar-refractivity contribution in [2.24, 2.45) is 17.3 Å². The Balaban J connectivity index is 1.81. The molecule has 0 spiro atoms. The molecule has 2 aliphatic rings. The van der Waals surface area contributed by atoms with Crippen molar-refractivity contribution in [2.75, 3.05) is 0 Å². The number of Topliss-reactive ketones (excluding diaryl/α,β-unsaturated/α-hetero) is 1. The molecule has 1 aromatic rings. The van der Waals surface area contributed by atoms with Gasteiger partial charge < -0.3 is 5.32 Å². The van der Waals surface area contributed by atoms with Gasteiger partial charge in [-0.3, -0.25) is 9.59 Å². The van der Waals surface area contributed by atoms with E-state index in [1.165, 1.54) is 0 Å². The second-order valence-electron chi connectivity index (χ2n) is 7.42. The molecule has 1 aromatic carbocycles. The molecule has 122 valence electrons. The van der Waals surface area contributed by atoms with Crippen LogP contribution in [-0.4, -0.2) is 11.7 Å². The summed E-state index contributed by atoms with van der Waals surface area (Å²) < 4.78 is 0. The first kappa shape index (κ1) is 16.0. The number of rotatable bonds is 5. The van der Waals surface area contributed by atoms with E-state index in [1.807, 2.05) is 37.3 Å². The monoisotopic (exact) mass is 311 g/mol. The Bertz CT molecular complexity index is 672. The zero-order valence-electron chi connectivity index (χ0n) is 14.3. The molecule has 1 amide bonds. The SMILES string of the molecule is CC[C@H](C(=O)NC1=C(C(C)=O)[C@@H]2[C@H](C1)C2(C)C)c1ccccc1. The first-order valence-electron chi connectivity index (χ1n) is 8.47. The summed E-state index contributed by atoms with van der Waals surface area (Å²) in [4.78, 5) is 24.8. The maximum Gasteiger partial charge on any atom is 0.231 e. The van der Waals surface area contributed by atoms with Crippen LogP contribution in [0, 0.1) is 17.3 Å². The largest absolute Gasteiger partial charge is 0.329 e. The van der Waals surface area contributed by atoms with E-state index in [0.717, 1.165) is 29.7 Å². The lowest BCUT2D eigenvalue weighted by atomic mass is 9.93. The molecule has 0 unspecified atom stereocenters. The van der Waals surface area contributed by atoms with Crippen molar-refractivity contribution in [1.29, 1.82) is 0 Å². The van der Waals surface area contributed by atoms with Crippen molar-refractivity contribution in [3.63, 3.8) is 0 Å². The molecule has 3 rings (SSSR count).